The quantitative estimate of drug-likeness (QED) is 0.859. The number of rotatable bonds is 3. The Balaban J connectivity index is 1.90. The zero-order chi connectivity index (χ0) is 16.4. The molecule has 2 saturated heterocycles. The van der Waals surface area contributed by atoms with Crippen molar-refractivity contribution in [3.63, 3.8) is 0 Å². The van der Waals surface area contributed by atoms with Crippen LogP contribution in [0.15, 0.2) is 30.3 Å². The largest absolute Gasteiger partial charge is 0.370 e. The van der Waals surface area contributed by atoms with Crippen molar-refractivity contribution < 1.29 is 9.53 Å². The van der Waals surface area contributed by atoms with Crippen molar-refractivity contribution in [2.24, 2.45) is 0 Å². The van der Waals surface area contributed by atoms with E-state index in [-0.39, 0.29) is 23.7 Å². The summed E-state index contributed by atoms with van der Waals surface area (Å²) in [7, 11) is 0. The molecule has 3 rings (SSSR count). The van der Waals surface area contributed by atoms with E-state index in [2.05, 4.69) is 37.8 Å². The number of morpholine rings is 1. The Labute approximate surface area is 139 Å². The summed E-state index contributed by atoms with van der Waals surface area (Å²) < 4.78 is 6.03. The fourth-order valence-corrected chi connectivity index (χ4v) is 3.96. The number of likely N-dealkylation sites (tertiary alicyclic amines) is 1. The number of hydrogen-bond acceptors (Lipinski definition) is 3. The monoisotopic (exact) mass is 316 g/mol. The molecule has 0 aromatic heterocycles. The van der Waals surface area contributed by atoms with Crippen molar-refractivity contribution in [1.29, 1.82) is 0 Å². The molecule has 0 bridgehead atoms. The fraction of sp³-hybridized carbons (Fsp3) is 0.632. The number of benzene rings is 1. The summed E-state index contributed by atoms with van der Waals surface area (Å²) in [5, 5.41) is 0. The summed E-state index contributed by atoms with van der Waals surface area (Å²) in [5.74, 6) is 0.249. The van der Waals surface area contributed by atoms with Crippen molar-refractivity contribution in [3.05, 3.63) is 35.9 Å². The van der Waals surface area contributed by atoms with E-state index in [1.807, 2.05) is 23.1 Å². The summed E-state index contributed by atoms with van der Waals surface area (Å²) in [4.78, 5) is 17.5. The van der Waals surface area contributed by atoms with Crippen LogP contribution in [0.4, 0.5) is 0 Å². The van der Waals surface area contributed by atoms with Gasteiger partial charge in [-0.15, -0.1) is 0 Å². The highest BCUT2D eigenvalue weighted by atomic mass is 16.5. The Morgan fingerprint density at radius 2 is 1.87 bits per heavy atom. The lowest BCUT2D eigenvalue weighted by Gasteiger charge is -2.45. The molecule has 2 aliphatic rings. The van der Waals surface area contributed by atoms with Gasteiger partial charge in [0.2, 0.25) is 5.91 Å². The van der Waals surface area contributed by atoms with E-state index < -0.39 is 0 Å². The van der Waals surface area contributed by atoms with E-state index in [9.17, 15) is 4.79 Å². The first kappa shape index (κ1) is 16.5. The van der Waals surface area contributed by atoms with Crippen molar-refractivity contribution >= 4 is 5.91 Å². The molecule has 1 aromatic rings. The average molecular weight is 316 g/mol. The van der Waals surface area contributed by atoms with E-state index >= 15 is 0 Å². The van der Waals surface area contributed by atoms with E-state index in [0.29, 0.717) is 0 Å². The van der Waals surface area contributed by atoms with E-state index in [0.717, 1.165) is 44.6 Å². The molecule has 1 amide bonds. The normalized spacial score (nSPS) is 26.2. The van der Waals surface area contributed by atoms with Gasteiger partial charge in [-0.25, -0.2) is 0 Å². The van der Waals surface area contributed by atoms with Crippen LogP contribution in [0.5, 0.6) is 0 Å². The second-order valence-corrected chi connectivity index (χ2v) is 7.46. The minimum atomic E-state index is -0.226. The number of carbonyl (C=O) groups excluding carboxylic acids is 1. The summed E-state index contributed by atoms with van der Waals surface area (Å²) in [6, 6.07) is 10.0. The Morgan fingerprint density at radius 3 is 2.48 bits per heavy atom. The van der Waals surface area contributed by atoms with Crippen molar-refractivity contribution in [2.45, 2.75) is 51.4 Å². The van der Waals surface area contributed by atoms with Gasteiger partial charge in [0.25, 0.3) is 0 Å². The molecule has 0 aliphatic carbocycles. The standard InChI is InChI=1S/C19H28N2O2/c1-15-13-21(14-19(2,3)23-15)17(16-9-5-4-6-10-16)18(22)20-11-7-8-12-20/h4-6,9-10,15,17H,7-8,11-14H2,1-3H3. The van der Waals surface area contributed by atoms with Gasteiger partial charge in [0, 0.05) is 26.2 Å². The van der Waals surface area contributed by atoms with E-state index in [1.165, 1.54) is 0 Å². The SMILES string of the molecule is CC1CN(C(C(=O)N2CCCC2)c2ccccc2)CC(C)(C)O1. The minimum Gasteiger partial charge on any atom is -0.370 e. The molecule has 0 N–H and O–H groups in total. The van der Waals surface area contributed by atoms with E-state index in [1.54, 1.807) is 0 Å². The third kappa shape index (κ3) is 3.75. The highest BCUT2D eigenvalue weighted by Gasteiger charge is 2.39. The van der Waals surface area contributed by atoms with Crippen LogP contribution in [-0.4, -0.2) is 53.6 Å². The van der Waals surface area contributed by atoms with Crippen LogP contribution >= 0.6 is 0 Å². The molecule has 4 nitrogen and oxygen atoms in total. The molecule has 0 spiro atoms. The van der Waals surface area contributed by atoms with Crippen LogP contribution in [0.1, 0.15) is 45.2 Å². The lowest BCUT2D eigenvalue weighted by atomic mass is 9.98. The van der Waals surface area contributed by atoms with E-state index in [4.69, 9.17) is 4.74 Å². The maximum Gasteiger partial charge on any atom is 0.244 e. The maximum absolute atomic E-state index is 13.2. The highest BCUT2D eigenvalue weighted by Crippen LogP contribution is 2.31. The van der Waals surface area contributed by atoms with Crippen molar-refractivity contribution in [1.82, 2.24) is 9.80 Å². The third-order valence-corrected chi connectivity index (χ3v) is 4.73. The third-order valence-electron chi connectivity index (χ3n) is 4.73. The first-order chi connectivity index (χ1) is 11.0. The zero-order valence-corrected chi connectivity index (χ0v) is 14.5. The molecule has 4 heteroatoms. The first-order valence-electron chi connectivity index (χ1n) is 8.72. The molecule has 0 saturated carbocycles. The molecular formula is C19H28N2O2. The van der Waals surface area contributed by atoms with Gasteiger partial charge in [-0.1, -0.05) is 30.3 Å². The Hall–Kier alpha value is -1.39. The molecule has 2 aliphatic heterocycles. The number of ether oxygens (including phenoxy) is 1. The smallest absolute Gasteiger partial charge is 0.244 e. The summed E-state index contributed by atoms with van der Waals surface area (Å²) in [6.45, 7) is 9.67. The average Bonchev–Trinajstić information content (AvgIpc) is 3.00. The summed E-state index contributed by atoms with van der Waals surface area (Å²) in [6.07, 6.45) is 2.38. The van der Waals surface area contributed by atoms with Crippen molar-refractivity contribution in [3.8, 4) is 0 Å². The van der Waals surface area contributed by atoms with Crippen molar-refractivity contribution in [2.75, 3.05) is 26.2 Å². The van der Waals surface area contributed by atoms with Gasteiger partial charge >= 0.3 is 0 Å². The fourth-order valence-electron chi connectivity index (χ4n) is 3.96. The minimum absolute atomic E-state index is 0.136. The Bertz CT molecular complexity index is 538. The van der Waals surface area contributed by atoms with Gasteiger partial charge in [0.15, 0.2) is 0 Å². The second-order valence-electron chi connectivity index (χ2n) is 7.46. The topological polar surface area (TPSA) is 32.8 Å². The number of hydrogen-bond donors (Lipinski definition) is 0. The van der Waals surface area contributed by atoms with Crippen LogP contribution < -0.4 is 0 Å². The van der Waals surface area contributed by atoms with Gasteiger partial charge in [0.05, 0.1) is 11.7 Å². The first-order valence-corrected chi connectivity index (χ1v) is 8.72. The lowest BCUT2D eigenvalue weighted by molar-refractivity contribution is -0.155. The van der Waals surface area contributed by atoms with Crippen LogP contribution in [-0.2, 0) is 9.53 Å². The summed E-state index contributed by atoms with van der Waals surface area (Å²) >= 11 is 0. The van der Waals surface area contributed by atoms with Gasteiger partial charge in [0.1, 0.15) is 6.04 Å². The van der Waals surface area contributed by atoms with Crippen LogP contribution in [0.2, 0.25) is 0 Å². The number of carbonyl (C=O) groups is 1. The Morgan fingerprint density at radius 1 is 1.22 bits per heavy atom. The van der Waals surface area contributed by atoms with Gasteiger partial charge < -0.3 is 9.64 Å². The molecule has 2 heterocycles. The number of amides is 1. The molecule has 23 heavy (non-hydrogen) atoms. The predicted molar refractivity (Wildman–Crippen MR) is 91.2 cm³/mol. The van der Waals surface area contributed by atoms with Crippen LogP contribution in [0, 0.1) is 0 Å². The Kier molecular flexibility index (Phi) is 4.74. The van der Waals surface area contributed by atoms with Gasteiger partial charge in [-0.2, -0.15) is 0 Å². The molecule has 0 radical (unpaired) electrons. The molecule has 2 unspecified atom stereocenters. The zero-order valence-electron chi connectivity index (χ0n) is 14.5. The molecule has 126 valence electrons. The second kappa shape index (κ2) is 6.62. The summed E-state index contributed by atoms with van der Waals surface area (Å²) in [5.41, 5.74) is 0.866. The van der Waals surface area contributed by atoms with Crippen LogP contribution in [0.25, 0.3) is 0 Å². The molecular weight excluding hydrogens is 288 g/mol. The molecule has 1 aromatic carbocycles. The highest BCUT2D eigenvalue weighted by molar-refractivity contribution is 5.83. The predicted octanol–water partition coefficient (Wildman–Crippen LogP) is 2.85. The van der Waals surface area contributed by atoms with Crippen LogP contribution in [0.3, 0.4) is 0 Å². The maximum atomic E-state index is 13.2. The molecule has 2 atom stereocenters. The number of nitrogens with zero attached hydrogens (tertiary/aromatic N) is 2. The molecule has 2 fully saturated rings. The van der Waals surface area contributed by atoms with Gasteiger partial charge in [-0.3, -0.25) is 9.69 Å². The lowest BCUT2D eigenvalue weighted by Crippen LogP contribution is -2.55. The van der Waals surface area contributed by atoms with Gasteiger partial charge in [-0.05, 0) is 39.2 Å².